The highest BCUT2D eigenvalue weighted by Crippen LogP contribution is 2.20. The van der Waals surface area contributed by atoms with Crippen LogP contribution >= 0.6 is 12.4 Å². The summed E-state index contributed by atoms with van der Waals surface area (Å²) >= 11 is 0. The van der Waals surface area contributed by atoms with Crippen molar-refractivity contribution in [2.45, 2.75) is 45.7 Å². The van der Waals surface area contributed by atoms with Gasteiger partial charge in [0, 0.05) is 25.2 Å². The molecule has 1 fully saturated rings. The zero-order chi connectivity index (χ0) is 17.8. The zero-order valence-electron chi connectivity index (χ0n) is 15.9. The summed E-state index contributed by atoms with van der Waals surface area (Å²) < 4.78 is 5.52. The summed E-state index contributed by atoms with van der Waals surface area (Å²) in [4.78, 5) is 17.1. The molecule has 1 amide bonds. The number of rotatable bonds is 5. The molecule has 26 heavy (non-hydrogen) atoms. The molecule has 0 unspecified atom stereocenters. The number of carbonyl (C=O) groups is 1. The normalized spacial score (nSPS) is 20.7. The number of amides is 1. The van der Waals surface area contributed by atoms with Gasteiger partial charge in [-0.15, -0.1) is 12.4 Å². The maximum absolute atomic E-state index is 12.7. The topological polar surface area (TPSA) is 36.7 Å². The largest absolute Gasteiger partial charge is 0.456 e. The SMILES string of the molecule is Cc1ccc(C(=O)N2C[C@H](C)N(CCCc3ccccc3)C[C@H]2C)o1.Cl. The summed E-state index contributed by atoms with van der Waals surface area (Å²) in [6.45, 7) is 8.95. The Morgan fingerprint density at radius 1 is 1.08 bits per heavy atom. The predicted molar refractivity (Wildman–Crippen MR) is 107 cm³/mol. The fourth-order valence-corrected chi connectivity index (χ4v) is 3.61. The number of benzene rings is 1. The van der Waals surface area contributed by atoms with Gasteiger partial charge in [0.1, 0.15) is 5.76 Å². The molecule has 3 rings (SSSR count). The van der Waals surface area contributed by atoms with Crippen LogP contribution in [-0.2, 0) is 6.42 Å². The van der Waals surface area contributed by atoms with Gasteiger partial charge in [0.25, 0.3) is 5.91 Å². The molecule has 0 saturated carbocycles. The number of nitrogens with zero attached hydrogens (tertiary/aromatic N) is 2. The lowest BCUT2D eigenvalue weighted by Crippen LogP contribution is -2.58. The van der Waals surface area contributed by atoms with Gasteiger partial charge in [-0.1, -0.05) is 30.3 Å². The molecule has 1 saturated heterocycles. The van der Waals surface area contributed by atoms with E-state index in [9.17, 15) is 4.79 Å². The maximum Gasteiger partial charge on any atom is 0.289 e. The van der Waals surface area contributed by atoms with Gasteiger partial charge in [-0.05, 0) is 57.9 Å². The highest BCUT2D eigenvalue weighted by atomic mass is 35.5. The molecule has 0 bridgehead atoms. The smallest absolute Gasteiger partial charge is 0.289 e. The Labute approximate surface area is 162 Å². The summed E-state index contributed by atoms with van der Waals surface area (Å²) in [6, 6.07) is 14.8. The fourth-order valence-electron chi connectivity index (χ4n) is 3.61. The Balaban J connectivity index is 0.00000243. The van der Waals surface area contributed by atoms with E-state index >= 15 is 0 Å². The molecule has 2 aromatic rings. The van der Waals surface area contributed by atoms with Gasteiger partial charge in [0.05, 0.1) is 0 Å². The van der Waals surface area contributed by atoms with Crippen LogP contribution in [0, 0.1) is 6.92 Å². The average Bonchev–Trinajstić information content (AvgIpc) is 3.04. The van der Waals surface area contributed by atoms with Crippen LogP contribution in [-0.4, -0.2) is 47.4 Å². The third-order valence-corrected chi connectivity index (χ3v) is 5.08. The molecule has 4 nitrogen and oxygen atoms in total. The van der Waals surface area contributed by atoms with Crippen LogP contribution in [0.1, 0.15) is 42.1 Å². The Bertz CT molecular complexity index is 701. The molecular weight excluding hydrogens is 348 g/mol. The molecular formula is C21H29ClN2O2. The number of piperazine rings is 1. The molecule has 2 atom stereocenters. The van der Waals surface area contributed by atoms with Gasteiger partial charge in [-0.3, -0.25) is 9.69 Å². The van der Waals surface area contributed by atoms with Gasteiger partial charge < -0.3 is 9.32 Å². The Morgan fingerprint density at radius 2 is 1.81 bits per heavy atom. The van der Waals surface area contributed by atoms with Crippen molar-refractivity contribution < 1.29 is 9.21 Å². The number of hydrogen-bond acceptors (Lipinski definition) is 3. The molecule has 1 aliphatic heterocycles. The van der Waals surface area contributed by atoms with E-state index in [0.29, 0.717) is 11.8 Å². The minimum absolute atomic E-state index is 0. The minimum Gasteiger partial charge on any atom is -0.456 e. The first-order chi connectivity index (χ1) is 12.0. The molecule has 1 aromatic carbocycles. The first-order valence-corrected chi connectivity index (χ1v) is 9.20. The standard InChI is InChI=1S/C21H28N2O2.ClH/c1-16-15-23(21(24)20-12-11-18(3)25-20)17(2)14-22(16)13-7-10-19-8-5-4-6-9-19;/h4-6,8-9,11-12,16-17H,7,10,13-15H2,1-3H3;1H/t16-,17+;/m0./s1. The summed E-state index contributed by atoms with van der Waals surface area (Å²) in [5.74, 6) is 1.24. The third-order valence-electron chi connectivity index (χ3n) is 5.08. The van der Waals surface area contributed by atoms with Gasteiger partial charge in [-0.25, -0.2) is 0 Å². The van der Waals surface area contributed by atoms with Crippen molar-refractivity contribution in [1.29, 1.82) is 0 Å². The van der Waals surface area contributed by atoms with E-state index in [1.807, 2.05) is 17.9 Å². The molecule has 142 valence electrons. The second-order valence-electron chi connectivity index (χ2n) is 7.15. The van der Waals surface area contributed by atoms with Gasteiger partial charge in [0.2, 0.25) is 0 Å². The molecule has 0 N–H and O–H groups in total. The second kappa shape index (κ2) is 9.24. The van der Waals surface area contributed by atoms with Crippen LogP contribution in [0.25, 0.3) is 0 Å². The van der Waals surface area contributed by atoms with E-state index < -0.39 is 0 Å². The van der Waals surface area contributed by atoms with Gasteiger partial charge in [-0.2, -0.15) is 0 Å². The van der Waals surface area contributed by atoms with Crippen molar-refractivity contribution in [3.8, 4) is 0 Å². The number of halogens is 1. The van der Waals surface area contributed by atoms with Crippen LogP contribution in [0.4, 0.5) is 0 Å². The van der Waals surface area contributed by atoms with E-state index in [1.165, 1.54) is 5.56 Å². The van der Waals surface area contributed by atoms with Gasteiger partial charge in [0.15, 0.2) is 5.76 Å². The van der Waals surface area contributed by atoms with Crippen LogP contribution in [0.15, 0.2) is 46.9 Å². The van der Waals surface area contributed by atoms with E-state index in [-0.39, 0.29) is 24.4 Å². The first kappa shape index (κ1) is 20.5. The van der Waals surface area contributed by atoms with E-state index in [1.54, 1.807) is 6.07 Å². The summed E-state index contributed by atoms with van der Waals surface area (Å²) in [6.07, 6.45) is 2.25. The molecule has 0 aliphatic carbocycles. The number of aryl methyl sites for hydroxylation is 2. The highest BCUT2D eigenvalue weighted by molar-refractivity contribution is 5.91. The lowest BCUT2D eigenvalue weighted by Gasteiger charge is -2.44. The van der Waals surface area contributed by atoms with Crippen molar-refractivity contribution in [3.05, 3.63) is 59.5 Å². The number of carbonyl (C=O) groups excluding carboxylic acids is 1. The Hall–Kier alpha value is -1.78. The monoisotopic (exact) mass is 376 g/mol. The molecule has 5 heteroatoms. The summed E-state index contributed by atoms with van der Waals surface area (Å²) in [5, 5.41) is 0. The first-order valence-electron chi connectivity index (χ1n) is 9.20. The third kappa shape index (κ3) is 4.89. The minimum atomic E-state index is 0. The van der Waals surface area contributed by atoms with E-state index in [4.69, 9.17) is 4.42 Å². The second-order valence-corrected chi connectivity index (χ2v) is 7.15. The lowest BCUT2D eigenvalue weighted by molar-refractivity contribution is 0.0290. The average molecular weight is 377 g/mol. The predicted octanol–water partition coefficient (Wildman–Crippen LogP) is 4.18. The fraction of sp³-hybridized carbons (Fsp3) is 0.476. The van der Waals surface area contributed by atoms with Crippen molar-refractivity contribution in [3.63, 3.8) is 0 Å². The molecule has 1 aromatic heterocycles. The van der Waals surface area contributed by atoms with Crippen LogP contribution in [0.3, 0.4) is 0 Å². The number of furan rings is 1. The Morgan fingerprint density at radius 3 is 2.46 bits per heavy atom. The molecule has 0 spiro atoms. The van der Waals surface area contributed by atoms with E-state index in [0.717, 1.165) is 38.2 Å². The summed E-state index contributed by atoms with van der Waals surface area (Å²) in [7, 11) is 0. The van der Waals surface area contributed by atoms with Crippen molar-refractivity contribution >= 4 is 18.3 Å². The van der Waals surface area contributed by atoms with Crippen LogP contribution in [0.5, 0.6) is 0 Å². The molecule has 0 radical (unpaired) electrons. The van der Waals surface area contributed by atoms with Crippen LogP contribution in [0.2, 0.25) is 0 Å². The van der Waals surface area contributed by atoms with Crippen molar-refractivity contribution in [1.82, 2.24) is 9.80 Å². The molecule has 2 heterocycles. The molecule has 1 aliphatic rings. The lowest BCUT2D eigenvalue weighted by atomic mass is 10.1. The maximum atomic E-state index is 12.7. The zero-order valence-corrected chi connectivity index (χ0v) is 16.7. The van der Waals surface area contributed by atoms with Gasteiger partial charge >= 0.3 is 0 Å². The van der Waals surface area contributed by atoms with Crippen molar-refractivity contribution in [2.75, 3.05) is 19.6 Å². The van der Waals surface area contributed by atoms with E-state index in [2.05, 4.69) is 49.1 Å². The van der Waals surface area contributed by atoms with Crippen molar-refractivity contribution in [2.24, 2.45) is 0 Å². The quantitative estimate of drug-likeness (QED) is 0.785. The highest BCUT2D eigenvalue weighted by Gasteiger charge is 2.33. The Kier molecular flexibility index (Phi) is 7.30. The van der Waals surface area contributed by atoms with Crippen LogP contribution < -0.4 is 0 Å². The summed E-state index contributed by atoms with van der Waals surface area (Å²) in [5.41, 5.74) is 1.39. The number of hydrogen-bond donors (Lipinski definition) is 0.